The van der Waals surface area contributed by atoms with Crippen molar-refractivity contribution in [3.05, 3.63) is 72.1 Å². The van der Waals surface area contributed by atoms with Gasteiger partial charge >= 0.3 is 189 Å². The van der Waals surface area contributed by atoms with Gasteiger partial charge in [0.2, 0.25) is 0 Å². The Bertz CT molecular complexity index is 1650. The number of rotatable bonds is 6. The van der Waals surface area contributed by atoms with Crippen molar-refractivity contribution in [3.63, 3.8) is 0 Å². The average molecular weight is 597 g/mol. The molecule has 0 fully saturated rings. The van der Waals surface area contributed by atoms with Crippen LogP contribution in [0.25, 0.3) is 22.5 Å². The number of carboxylic acid groups (broad SMARTS) is 1. The predicted molar refractivity (Wildman–Crippen MR) is 127 cm³/mol. The second-order valence-electron chi connectivity index (χ2n) is 7.43. The zero-order valence-electron chi connectivity index (χ0n) is 18.7. The van der Waals surface area contributed by atoms with Gasteiger partial charge in [-0.25, -0.2) is 8.78 Å². The fourth-order valence-corrected chi connectivity index (χ4v) is 5.35. The number of sulfonamides is 1. The van der Waals surface area contributed by atoms with Crippen molar-refractivity contribution >= 4 is 43.3 Å². The molecule has 2 aromatic carbocycles. The van der Waals surface area contributed by atoms with Crippen LogP contribution >= 0.6 is 0 Å². The summed E-state index contributed by atoms with van der Waals surface area (Å²) < 4.78 is 86.3. The Labute approximate surface area is 216 Å². The second-order valence-corrected chi connectivity index (χ2v) is 10.3. The zero-order valence-corrected chi connectivity index (χ0v) is 22.0. The van der Waals surface area contributed by atoms with Crippen molar-refractivity contribution in [2.24, 2.45) is 0 Å². The van der Waals surface area contributed by atoms with Crippen LogP contribution in [0.4, 0.5) is 28.0 Å². The number of nitrogens with zero attached hydrogens (tertiary/aromatic N) is 5. The Kier molecular flexibility index (Phi) is 7.07. The Morgan fingerprint density at radius 2 is 1.81 bits per heavy atom. The number of hydrogen-bond donors (Lipinski definition) is 1. The van der Waals surface area contributed by atoms with E-state index in [4.69, 9.17) is 0 Å². The number of anilines is 1. The molecule has 4 rings (SSSR count). The molecule has 192 valence electrons. The van der Waals surface area contributed by atoms with Crippen molar-refractivity contribution in [1.29, 1.82) is 0 Å². The summed E-state index contributed by atoms with van der Waals surface area (Å²) in [6.07, 6.45) is 0.652. The van der Waals surface area contributed by atoms with Crippen LogP contribution in [0.15, 0.2) is 53.7 Å². The van der Waals surface area contributed by atoms with Crippen LogP contribution in [0.5, 0.6) is 0 Å². The van der Waals surface area contributed by atoms with E-state index < -0.39 is 59.8 Å². The minimum atomic E-state index is -5.40. The van der Waals surface area contributed by atoms with E-state index in [2.05, 4.69) is 15.1 Å². The van der Waals surface area contributed by atoms with Gasteiger partial charge in [0.1, 0.15) is 5.82 Å². The topological polar surface area (TPSA) is 118 Å². The van der Waals surface area contributed by atoms with Gasteiger partial charge in [-0.05, 0) is 12.1 Å². The molecule has 9 nitrogen and oxygen atoms in total. The molecule has 0 saturated carbocycles. The molecule has 1 N–H and O–H groups in total. The zero-order chi connectivity index (χ0) is 27.1. The van der Waals surface area contributed by atoms with Crippen LogP contribution < -0.4 is 8.92 Å². The van der Waals surface area contributed by atoms with E-state index in [9.17, 15) is 27.1 Å². The number of hydrogen-bond acceptors (Lipinski definition) is 6. The standard InChI is InChI=1S/C22H16AsF4N5O4S/c1-2-31-10-12(15-7-8-28-21(23)29-15)20(30-31)18-14(26)5-6-16(19(18)27)32(22(33)34)37(35,36)17-9-11(24)3-4-13(17)25/h3-10H,2,23H2,1H3,(H,33,34). The molecule has 1 atom stereocenters. The molecule has 0 aliphatic carbocycles. The molecule has 4 aromatic rings. The summed E-state index contributed by atoms with van der Waals surface area (Å²) in [4.78, 5) is 18.9. The Hall–Kier alpha value is -3.77. The molecule has 15 heteroatoms. The maximum atomic E-state index is 15.9. The number of aromatic nitrogens is 4. The number of benzene rings is 2. The van der Waals surface area contributed by atoms with Gasteiger partial charge in [0.05, 0.1) is 0 Å². The SMILES string of the molecule is CCn1cc(-c2ccnc([AsH2])n2)c(-c2c(F)ccc(N(C(=O)O)S(=O)(=O)c3cc(F)ccc3F)c2F)n1. The minimum absolute atomic E-state index is 0.166. The van der Waals surface area contributed by atoms with Crippen LogP contribution in [-0.4, -0.2) is 56.2 Å². The van der Waals surface area contributed by atoms with Crippen molar-refractivity contribution in [3.8, 4) is 22.5 Å². The maximum absolute atomic E-state index is 15.9. The summed E-state index contributed by atoms with van der Waals surface area (Å²) in [6, 6.07) is 4.03. The van der Waals surface area contributed by atoms with E-state index in [0.717, 1.165) is 16.9 Å². The molecular weight excluding hydrogens is 581 g/mol. The Balaban J connectivity index is 1.97. The summed E-state index contributed by atoms with van der Waals surface area (Å²) in [5.74, 6) is -5.44. The quantitative estimate of drug-likeness (QED) is 0.268. The predicted octanol–water partition coefficient (Wildman–Crippen LogP) is 2.72. The first-order valence-electron chi connectivity index (χ1n) is 10.3. The summed E-state index contributed by atoms with van der Waals surface area (Å²) >= 11 is 1.09. The molecule has 0 spiro atoms. The molecule has 2 heterocycles. The van der Waals surface area contributed by atoms with Gasteiger partial charge < -0.3 is 0 Å². The summed E-state index contributed by atoms with van der Waals surface area (Å²) in [6.45, 7) is 2.00. The third-order valence-electron chi connectivity index (χ3n) is 5.15. The van der Waals surface area contributed by atoms with E-state index in [1.54, 1.807) is 6.92 Å². The summed E-state index contributed by atoms with van der Waals surface area (Å²) in [7, 11) is -5.40. The fraction of sp³-hybridized carbons (Fsp3) is 0.0909. The number of amides is 1. The Morgan fingerprint density at radius 1 is 1.11 bits per heavy atom. The van der Waals surface area contributed by atoms with Gasteiger partial charge in [0, 0.05) is 0 Å². The van der Waals surface area contributed by atoms with Crippen molar-refractivity contribution in [2.45, 2.75) is 18.4 Å². The van der Waals surface area contributed by atoms with E-state index in [-0.39, 0.29) is 23.0 Å². The first-order chi connectivity index (χ1) is 17.4. The first kappa shape index (κ1) is 26.3. The molecule has 2 aromatic heterocycles. The molecule has 1 amide bonds. The van der Waals surface area contributed by atoms with Crippen LogP contribution in [0.1, 0.15) is 6.92 Å². The summed E-state index contributed by atoms with van der Waals surface area (Å²) in [5.41, 5.74) is -1.85. The molecule has 37 heavy (non-hydrogen) atoms. The molecule has 0 radical (unpaired) electrons. The molecule has 1 unspecified atom stereocenters. The average Bonchev–Trinajstić information content (AvgIpc) is 3.26. The molecule has 0 bridgehead atoms. The van der Waals surface area contributed by atoms with Gasteiger partial charge in [0.15, 0.2) is 0 Å². The van der Waals surface area contributed by atoms with Crippen LogP contribution in [0, 0.1) is 23.3 Å². The monoisotopic (exact) mass is 597 g/mol. The van der Waals surface area contributed by atoms with Crippen molar-refractivity contribution in [1.82, 2.24) is 19.7 Å². The van der Waals surface area contributed by atoms with Gasteiger partial charge in [0.25, 0.3) is 0 Å². The number of halogens is 4. The normalized spacial score (nSPS) is 11.5. The van der Waals surface area contributed by atoms with Crippen LogP contribution in [0.2, 0.25) is 0 Å². The van der Waals surface area contributed by atoms with Crippen molar-refractivity contribution in [2.75, 3.05) is 4.31 Å². The Morgan fingerprint density at radius 3 is 2.46 bits per heavy atom. The number of carbonyl (C=O) groups is 1. The third kappa shape index (κ3) is 4.81. The second kappa shape index (κ2) is 9.94. The van der Waals surface area contributed by atoms with E-state index >= 15 is 8.78 Å². The van der Waals surface area contributed by atoms with E-state index in [1.165, 1.54) is 23.1 Å². The van der Waals surface area contributed by atoms with Gasteiger partial charge in [-0.2, -0.15) is 0 Å². The molecule has 0 saturated heterocycles. The fourth-order valence-electron chi connectivity index (χ4n) is 3.50. The van der Waals surface area contributed by atoms with Crippen molar-refractivity contribution < 1.29 is 35.9 Å². The van der Waals surface area contributed by atoms with Crippen LogP contribution in [-0.2, 0) is 16.6 Å². The molecule has 0 aliphatic heterocycles. The first-order valence-corrected chi connectivity index (χ1v) is 13.0. The van der Waals surface area contributed by atoms with Gasteiger partial charge in [-0.1, -0.05) is 0 Å². The van der Waals surface area contributed by atoms with Crippen LogP contribution in [0.3, 0.4) is 0 Å². The third-order valence-corrected chi connectivity index (χ3v) is 7.43. The van der Waals surface area contributed by atoms with Gasteiger partial charge in [-0.15, -0.1) is 0 Å². The number of aryl methyl sites for hydroxylation is 1. The van der Waals surface area contributed by atoms with Gasteiger partial charge in [-0.3, -0.25) is 0 Å². The molecular formula is C22H16AsF4N5O4S. The molecule has 0 aliphatic rings. The summed E-state index contributed by atoms with van der Waals surface area (Å²) in [5, 5.41) is 13.9. The van der Waals surface area contributed by atoms with E-state index in [0.29, 0.717) is 35.4 Å². The van der Waals surface area contributed by atoms with E-state index in [1.807, 2.05) is 0 Å².